The summed E-state index contributed by atoms with van der Waals surface area (Å²) in [5, 5.41) is 8.97. The van der Waals surface area contributed by atoms with E-state index in [9.17, 15) is 22.8 Å². The number of rotatable bonds is 6. The summed E-state index contributed by atoms with van der Waals surface area (Å²) in [7, 11) is 0. The maximum absolute atomic E-state index is 13.2. The minimum absolute atomic E-state index is 0.0724. The molecule has 27 heavy (non-hydrogen) atoms. The number of carbonyl (C=O) groups is 2. The Morgan fingerprint density at radius 1 is 1.19 bits per heavy atom. The van der Waals surface area contributed by atoms with Crippen LogP contribution >= 0.6 is 0 Å². The van der Waals surface area contributed by atoms with Crippen molar-refractivity contribution in [3.8, 4) is 0 Å². The molecule has 2 fully saturated rings. The predicted octanol–water partition coefficient (Wildman–Crippen LogP) is 3.29. The van der Waals surface area contributed by atoms with Crippen molar-refractivity contribution in [1.29, 1.82) is 0 Å². The van der Waals surface area contributed by atoms with Gasteiger partial charge in [0.25, 0.3) is 0 Å². The first kappa shape index (κ1) is 19.7. The molecule has 1 saturated heterocycles. The lowest BCUT2D eigenvalue weighted by molar-refractivity contribution is -0.142. The van der Waals surface area contributed by atoms with E-state index in [1.54, 1.807) is 11.0 Å². The maximum Gasteiger partial charge on any atom is 0.416 e. The summed E-state index contributed by atoms with van der Waals surface area (Å²) in [4.78, 5) is 25.5. The Balaban J connectivity index is 1.75. The number of benzene rings is 1. The van der Waals surface area contributed by atoms with Gasteiger partial charge in [-0.2, -0.15) is 13.2 Å². The Morgan fingerprint density at radius 3 is 2.48 bits per heavy atom. The number of aliphatic carboxylic acids is 1. The van der Waals surface area contributed by atoms with Gasteiger partial charge in [-0.1, -0.05) is 18.2 Å². The fourth-order valence-electron chi connectivity index (χ4n) is 3.79. The summed E-state index contributed by atoms with van der Waals surface area (Å²) >= 11 is 0. The first-order valence-corrected chi connectivity index (χ1v) is 9.05. The number of amides is 1. The summed E-state index contributed by atoms with van der Waals surface area (Å²) < 4.78 is 45.0. The van der Waals surface area contributed by atoms with E-state index >= 15 is 0 Å². The molecule has 1 amide bonds. The standard InChI is InChI=1S/C19H22F3NO4/c20-19(21,22)16-4-2-1-3-13(16)14-11-15(14)18(26)23(8-5-17(24)25)12-6-9-27-10-7-12/h1-4,12,14-15H,5-11H2,(H,24,25)/t14-,15+/m0/s1. The molecule has 2 atom stereocenters. The largest absolute Gasteiger partial charge is 0.481 e. The van der Waals surface area contributed by atoms with Crippen LogP contribution in [0.4, 0.5) is 13.2 Å². The quantitative estimate of drug-likeness (QED) is 0.816. The maximum atomic E-state index is 13.2. The number of hydrogen-bond acceptors (Lipinski definition) is 3. The first-order chi connectivity index (χ1) is 12.8. The molecule has 0 radical (unpaired) electrons. The zero-order valence-electron chi connectivity index (χ0n) is 14.7. The Kier molecular flexibility index (Phi) is 5.74. The molecule has 148 valence electrons. The fraction of sp³-hybridized carbons (Fsp3) is 0.579. The molecule has 1 saturated carbocycles. The van der Waals surface area contributed by atoms with Crippen molar-refractivity contribution in [3.05, 3.63) is 35.4 Å². The summed E-state index contributed by atoms with van der Waals surface area (Å²) in [5.74, 6) is -2.24. The van der Waals surface area contributed by atoms with Crippen LogP contribution in [-0.2, 0) is 20.5 Å². The molecule has 1 aromatic carbocycles. The third-order valence-corrected chi connectivity index (χ3v) is 5.25. The van der Waals surface area contributed by atoms with Crippen molar-refractivity contribution in [1.82, 2.24) is 4.90 Å². The molecule has 0 unspecified atom stereocenters. The average molecular weight is 385 g/mol. The van der Waals surface area contributed by atoms with Gasteiger partial charge in [-0.05, 0) is 36.8 Å². The van der Waals surface area contributed by atoms with E-state index in [0.29, 0.717) is 32.5 Å². The number of hydrogen-bond donors (Lipinski definition) is 1. The van der Waals surface area contributed by atoms with E-state index in [0.717, 1.165) is 6.07 Å². The molecule has 3 rings (SSSR count). The third-order valence-electron chi connectivity index (χ3n) is 5.25. The second kappa shape index (κ2) is 7.88. The van der Waals surface area contributed by atoms with E-state index < -0.39 is 29.5 Å². The van der Waals surface area contributed by atoms with Crippen molar-refractivity contribution < 1.29 is 32.6 Å². The van der Waals surface area contributed by atoms with E-state index in [4.69, 9.17) is 9.84 Å². The second-order valence-corrected chi connectivity index (χ2v) is 7.05. The lowest BCUT2D eigenvalue weighted by atomic mass is 10.0. The normalized spacial score (nSPS) is 23.1. The lowest BCUT2D eigenvalue weighted by Crippen LogP contribution is -2.45. The number of carboxylic acids is 1. The summed E-state index contributed by atoms with van der Waals surface area (Å²) in [6.07, 6.45) is -3.06. The van der Waals surface area contributed by atoms with E-state index in [1.165, 1.54) is 12.1 Å². The highest BCUT2D eigenvalue weighted by atomic mass is 19.4. The molecule has 1 heterocycles. The monoisotopic (exact) mass is 385 g/mol. The molecule has 1 N–H and O–H groups in total. The third kappa shape index (κ3) is 4.61. The molecule has 0 bridgehead atoms. The predicted molar refractivity (Wildman–Crippen MR) is 90.1 cm³/mol. The second-order valence-electron chi connectivity index (χ2n) is 7.05. The number of nitrogens with zero attached hydrogens (tertiary/aromatic N) is 1. The fourth-order valence-corrected chi connectivity index (χ4v) is 3.79. The number of carboxylic acid groups (broad SMARTS) is 1. The zero-order valence-corrected chi connectivity index (χ0v) is 14.7. The topological polar surface area (TPSA) is 66.8 Å². The minimum Gasteiger partial charge on any atom is -0.481 e. The van der Waals surface area contributed by atoms with Crippen molar-refractivity contribution in [2.45, 2.75) is 43.8 Å². The first-order valence-electron chi connectivity index (χ1n) is 9.05. The Hall–Kier alpha value is -2.09. The van der Waals surface area contributed by atoms with Gasteiger partial charge < -0.3 is 14.7 Å². The molecule has 0 aromatic heterocycles. The van der Waals surface area contributed by atoms with Gasteiger partial charge in [0.1, 0.15) is 0 Å². The van der Waals surface area contributed by atoms with Crippen LogP contribution in [0.3, 0.4) is 0 Å². The van der Waals surface area contributed by atoms with E-state index in [1.807, 2.05) is 0 Å². The van der Waals surface area contributed by atoms with Crippen LogP contribution in [0.2, 0.25) is 0 Å². The van der Waals surface area contributed by atoms with Gasteiger partial charge in [-0.3, -0.25) is 9.59 Å². The van der Waals surface area contributed by atoms with Crippen LogP contribution in [-0.4, -0.2) is 47.7 Å². The van der Waals surface area contributed by atoms with Crippen molar-refractivity contribution in [2.75, 3.05) is 19.8 Å². The summed E-state index contributed by atoms with van der Waals surface area (Å²) in [6.45, 7) is 1.06. The molecule has 0 spiro atoms. The Morgan fingerprint density at radius 2 is 1.85 bits per heavy atom. The van der Waals surface area contributed by atoms with Crippen molar-refractivity contribution in [2.24, 2.45) is 5.92 Å². The summed E-state index contributed by atoms with van der Waals surface area (Å²) in [6, 6.07) is 5.23. The van der Waals surface area contributed by atoms with Gasteiger partial charge in [-0.25, -0.2) is 0 Å². The number of alkyl halides is 3. The van der Waals surface area contributed by atoms with Gasteiger partial charge >= 0.3 is 12.1 Å². The summed E-state index contributed by atoms with van der Waals surface area (Å²) in [5.41, 5.74) is -0.554. The van der Waals surface area contributed by atoms with Crippen LogP contribution in [0.5, 0.6) is 0 Å². The van der Waals surface area contributed by atoms with Crippen LogP contribution in [0.15, 0.2) is 24.3 Å². The molecular weight excluding hydrogens is 363 g/mol. The minimum atomic E-state index is -4.46. The zero-order chi connectivity index (χ0) is 19.6. The number of ether oxygens (including phenoxy) is 1. The highest BCUT2D eigenvalue weighted by Gasteiger charge is 2.49. The van der Waals surface area contributed by atoms with Crippen LogP contribution in [0.1, 0.15) is 42.7 Å². The Bertz CT molecular complexity index is 700. The number of carbonyl (C=O) groups excluding carboxylic acids is 1. The van der Waals surface area contributed by atoms with Crippen LogP contribution in [0, 0.1) is 5.92 Å². The van der Waals surface area contributed by atoms with Crippen LogP contribution < -0.4 is 0 Å². The van der Waals surface area contributed by atoms with Gasteiger partial charge in [0, 0.05) is 31.7 Å². The molecular formula is C19H22F3NO4. The number of halogens is 3. The van der Waals surface area contributed by atoms with Crippen molar-refractivity contribution >= 4 is 11.9 Å². The lowest BCUT2D eigenvalue weighted by Gasteiger charge is -2.34. The van der Waals surface area contributed by atoms with Gasteiger partial charge in [0.15, 0.2) is 0 Å². The smallest absolute Gasteiger partial charge is 0.416 e. The SMILES string of the molecule is O=C(O)CCN(C(=O)[C@@H]1C[C@H]1c1ccccc1C(F)(F)F)C1CCOCC1. The highest BCUT2D eigenvalue weighted by molar-refractivity contribution is 5.84. The van der Waals surface area contributed by atoms with E-state index in [-0.39, 0.29) is 30.5 Å². The molecule has 1 aliphatic carbocycles. The van der Waals surface area contributed by atoms with E-state index in [2.05, 4.69) is 0 Å². The molecule has 8 heteroatoms. The van der Waals surface area contributed by atoms with Gasteiger partial charge in [-0.15, -0.1) is 0 Å². The highest BCUT2D eigenvalue weighted by Crippen LogP contribution is 2.52. The average Bonchev–Trinajstić information content (AvgIpc) is 3.42. The van der Waals surface area contributed by atoms with Gasteiger partial charge in [0.2, 0.25) is 5.91 Å². The molecule has 1 aromatic rings. The van der Waals surface area contributed by atoms with Crippen molar-refractivity contribution in [3.63, 3.8) is 0 Å². The van der Waals surface area contributed by atoms with Crippen LogP contribution in [0.25, 0.3) is 0 Å². The Labute approximate surface area is 155 Å². The molecule has 2 aliphatic rings. The van der Waals surface area contributed by atoms with Gasteiger partial charge in [0.05, 0.1) is 12.0 Å². The molecule has 5 nitrogen and oxygen atoms in total. The molecule has 1 aliphatic heterocycles.